The molecule has 0 amide bonds. The molecule has 1 heterocycles. The standard InChI is InChI=1S/C41H28N4/c42-37-26-29(20-21-39(37)45-44-38-19-8-7-13-31(38)28-22-24-43-25-23-28)40-33-14-3-5-16-35(33)41(36-17-6-4-15-34(36)40)32-18-9-11-27-10-1-2-12-30(27)32/h1-26,42,44H/b42-37?,45-39-. The minimum Gasteiger partial charge on any atom is -0.299 e. The smallest absolute Gasteiger partial charge is 0.108 e. The van der Waals surface area contributed by atoms with Crippen LogP contribution >= 0.6 is 0 Å². The highest BCUT2D eigenvalue weighted by Gasteiger charge is 2.20. The lowest BCUT2D eigenvalue weighted by atomic mass is 9.83. The van der Waals surface area contributed by atoms with Gasteiger partial charge in [0.25, 0.3) is 0 Å². The Morgan fingerprint density at radius 1 is 0.533 bits per heavy atom. The van der Waals surface area contributed by atoms with Crippen LogP contribution in [0.3, 0.4) is 0 Å². The summed E-state index contributed by atoms with van der Waals surface area (Å²) in [5, 5.41) is 20.8. The maximum absolute atomic E-state index is 8.99. The Hall–Kier alpha value is -6.13. The molecule has 0 saturated carbocycles. The van der Waals surface area contributed by atoms with Crippen LogP contribution in [0.15, 0.2) is 163 Å². The van der Waals surface area contributed by atoms with Crippen molar-refractivity contribution in [2.75, 3.05) is 5.43 Å². The lowest BCUT2D eigenvalue weighted by molar-refractivity contribution is 1.32. The Kier molecular flexibility index (Phi) is 6.58. The van der Waals surface area contributed by atoms with E-state index in [2.05, 4.69) is 119 Å². The van der Waals surface area contributed by atoms with Crippen molar-refractivity contribution in [3.8, 4) is 22.3 Å². The molecule has 1 aliphatic rings. The zero-order valence-corrected chi connectivity index (χ0v) is 24.4. The summed E-state index contributed by atoms with van der Waals surface area (Å²) < 4.78 is 0. The molecule has 4 heteroatoms. The zero-order valence-electron chi connectivity index (χ0n) is 24.4. The van der Waals surface area contributed by atoms with Crippen LogP contribution in [0.4, 0.5) is 5.69 Å². The minimum atomic E-state index is 0.354. The first-order valence-electron chi connectivity index (χ1n) is 15.0. The first-order chi connectivity index (χ1) is 22.3. The van der Waals surface area contributed by atoms with E-state index in [0.29, 0.717) is 11.4 Å². The molecule has 4 nitrogen and oxygen atoms in total. The average molecular weight is 577 g/mol. The summed E-state index contributed by atoms with van der Waals surface area (Å²) in [5.41, 5.74) is 11.7. The van der Waals surface area contributed by atoms with E-state index in [4.69, 9.17) is 5.41 Å². The highest BCUT2D eigenvalue weighted by Crippen LogP contribution is 2.44. The van der Waals surface area contributed by atoms with Crippen LogP contribution in [0, 0.1) is 5.41 Å². The molecule has 45 heavy (non-hydrogen) atoms. The summed E-state index contributed by atoms with van der Waals surface area (Å²) in [6, 6.07) is 44.4. The maximum atomic E-state index is 8.99. The third-order valence-corrected chi connectivity index (χ3v) is 8.49. The molecule has 6 aromatic carbocycles. The SMILES string of the molecule is N=C1C=C(c2c3ccccc3c(-c3cccc4ccccc34)c3ccccc23)C=C/C1=N/Nc1ccccc1-c1ccncc1. The van der Waals surface area contributed by atoms with Gasteiger partial charge in [-0.25, -0.2) is 0 Å². The number of hydrazone groups is 1. The van der Waals surface area contributed by atoms with Crippen LogP contribution in [0.1, 0.15) is 5.56 Å². The largest absolute Gasteiger partial charge is 0.299 e. The van der Waals surface area contributed by atoms with Crippen molar-refractivity contribution in [1.29, 1.82) is 5.41 Å². The Bertz CT molecular complexity index is 2300. The van der Waals surface area contributed by atoms with Gasteiger partial charge < -0.3 is 0 Å². The van der Waals surface area contributed by atoms with Crippen molar-refractivity contribution in [2.24, 2.45) is 5.10 Å². The van der Waals surface area contributed by atoms with Crippen molar-refractivity contribution < 1.29 is 0 Å². The molecular weight excluding hydrogens is 548 g/mol. The van der Waals surface area contributed by atoms with Gasteiger partial charge in [-0.05, 0) is 90.5 Å². The van der Waals surface area contributed by atoms with Crippen LogP contribution in [-0.2, 0) is 0 Å². The number of nitrogens with zero attached hydrogens (tertiary/aromatic N) is 2. The summed E-state index contributed by atoms with van der Waals surface area (Å²) in [5.74, 6) is 0. The molecule has 0 bridgehead atoms. The summed E-state index contributed by atoms with van der Waals surface area (Å²) in [7, 11) is 0. The van der Waals surface area contributed by atoms with E-state index in [1.807, 2.05) is 42.5 Å². The molecule has 0 fully saturated rings. The Balaban J connectivity index is 1.23. The van der Waals surface area contributed by atoms with E-state index in [-0.39, 0.29) is 0 Å². The highest BCUT2D eigenvalue weighted by atomic mass is 15.3. The van der Waals surface area contributed by atoms with Crippen LogP contribution in [0.25, 0.3) is 60.1 Å². The molecule has 0 spiro atoms. The molecule has 0 aliphatic heterocycles. The van der Waals surface area contributed by atoms with Crippen molar-refractivity contribution in [3.63, 3.8) is 0 Å². The van der Waals surface area contributed by atoms with Gasteiger partial charge in [-0.1, -0.05) is 115 Å². The third kappa shape index (κ3) is 4.70. The number of rotatable bonds is 5. The Morgan fingerprint density at radius 2 is 1.11 bits per heavy atom. The number of benzene rings is 6. The van der Waals surface area contributed by atoms with Gasteiger partial charge in [-0.2, -0.15) is 5.10 Å². The summed E-state index contributed by atoms with van der Waals surface area (Å²) in [4.78, 5) is 4.14. The topological polar surface area (TPSA) is 61.1 Å². The van der Waals surface area contributed by atoms with Crippen molar-refractivity contribution in [2.45, 2.75) is 0 Å². The van der Waals surface area contributed by atoms with Gasteiger partial charge in [-0.15, -0.1) is 0 Å². The second-order valence-electron chi connectivity index (χ2n) is 11.1. The number of para-hydroxylation sites is 1. The van der Waals surface area contributed by atoms with Gasteiger partial charge in [0.1, 0.15) is 5.71 Å². The molecule has 0 saturated heterocycles. The molecular formula is C41H28N4. The van der Waals surface area contributed by atoms with E-state index in [1.165, 1.54) is 32.7 Å². The lowest BCUT2D eigenvalue weighted by Gasteiger charge is -2.20. The van der Waals surface area contributed by atoms with Crippen LogP contribution < -0.4 is 5.43 Å². The zero-order chi connectivity index (χ0) is 30.2. The van der Waals surface area contributed by atoms with Crippen molar-refractivity contribution in [1.82, 2.24) is 4.98 Å². The Labute approximate surface area is 261 Å². The Morgan fingerprint density at radius 3 is 1.82 bits per heavy atom. The number of aromatic nitrogens is 1. The van der Waals surface area contributed by atoms with Crippen molar-refractivity contribution in [3.05, 3.63) is 164 Å². The van der Waals surface area contributed by atoms with Crippen LogP contribution in [0.2, 0.25) is 0 Å². The van der Waals surface area contributed by atoms with E-state index in [9.17, 15) is 0 Å². The van der Waals surface area contributed by atoms with Gasteiger partial charge in [0.15, 0.2) is 0 Å². The molecule has 212 valence electrons. The fourth-order valence-corrected chi connectivity index (χ4v) is 6.45. The summed E-state index contributed by atoms with van der Waals surface area (Å²) >= 11 is 0. The predicted molar refractivity (Wildman–Crippen MR) is 190 cm³/mol. The van der Waals surface area contributed by atoms with Gasteiger partial charge >= 0.3 is 0 Å². The quantitative estimate of drug-likeness (QED) is 0.122. The van der Waals surface area contributed by atoms with Crippen molar-refractivity contribution >= 4 is 55.0 Å². The molecule has 0 radical (unpaired) electrons. The molecule has 7 aromatic rings. The van der Waals surface area contributed by atoms with Crippen LogP contribution in [-0.4, -0.2) is 16.4 Å². The second-order valence-corrected chi connectivity index (χ2v) is 11.1. The van der Waals surface area contributed by atoms with E-state index in [0.717, 1.165) is 38.7 Å². The van der Waals surface area contributed by atoms with Gasteiger partial charge in [0, 0.05) is 18.0 Å². The molecule has 0 unspecified atom stereocenters. The number of fused-ring (bicyclic) bond motifs is 3. The highest BCUT2D eigenvalue weighted by molar-refractivity contribution is 6.52. The normalized spacial score (nSPS) is 13.9. The summed E-state index contributed by atoms with van der Waals surface area (Å²) in [6.45, 7) is 0. The molecule has 1 aliphatic carbocycles. The maximum Gasteiger partial charge on any atom is 0.108 e. The van der Waals surface area contributed by atoms with Gasteiger partial charge in [0.2, 0.25) is 0 Å². The number of nitrogens with one attached hydrogen (secondary N) is 2. The van der Waals surface area contributed by atoms with E-state index in [1.54, 1.807) is 12.4 Å². The minimum absolute atomic E-state index is 0.354. The number of hydrogen-bond donors (Lipinski definition) is 2. The van der Waals surface area contributed by atoms with E-state index >= 15 is 0 Å². The first kappa shape index (κ1) is 26.5. The number of pyridine rings is 1. The molecule has 2 N–H and O–H groups in total. The monoisotopic (exact) mass is 576 g/mol. The van der Waals surface area contributed by atoms with Crippen LogP contribution in [0.5, 0.6) is 0 Å². The number of allylic oxidation sites excluding steroid dienone is 4. The second kappa shape index (κ2) is 11.2. The molecule has 8 rings (SSSR count). The van der Waals surface area contributed by atoms with E-state index < -0.39 is 0 Å². The van der Waals surface area contributed by atoms with Gasteiger partial charge in [0.05, 0.1) is 11.4 Å². The summed E-state index contributed by atoms with van der Waals surface area (Å²) in [6.07, 6.45) is 9.51. The lowest BCUT2D eigenvalue weighted by Crippen LogP contribution is -2.14. The van der Waals surface area contributed by atoms with Gasteiger partial charge in [-0.3, -0.25) is 15.8 Å². The fraction of sp³-hybridized carbons (Fsp3) is 0. The predicted octanol–water partition coefficient (Wildman–Crippen LogP) is 10.3. The first-order valence-corrected chi connectivity index (χ1v) is 15.0. The molecule has 1 aromatic heterocycles. The fourth-order valence-electron chi connectivity index (χ4n) is 6.45. The average Bonchev–Trinajstić information content (AvgIpc) is 3.10. The number of hydrogen-bond acceptors (Lipinski definition) is 4. The third-order valence-electron chi connectivity index (χ3n) is 8.49. The molecule has 0 atom stereocenters. The number of anilines is 1.